The maximum atomic E-state index is 13.9. The van der Waals surface area contributed by atoms with Gasteiger partial charge in [-0.2, -0.15) is 10.4 Å². The van der Waals surface area contributed by atoms with Crippen LogP contribution in [0.3, 0.4) is 0 Å². The highest BCUT2D eigenvalue weighted by molar-refractivity contribution is 5.62. The van der Waals surface area contributed by atoms with E-state index in [2.05, 4.69) is 11.3 Å². The highest BCUT2D eigenvalue weighted by atomic mass is 19.1. The van der Waals surface area contributed by atoms with Crippen molar-refractivity contribution in [3.05, 3.63) is 71.3 Å². The molecule has 0 aliphatic carbocycles. The van der Waals surface area contributed by atoms with Gasteiger partial charge in [-0.05, 0) is 30.0 Å². The summed E-state index contributed by atoms with van der Waals surface area (Å²) in [6, 6.07) is 13.2. The molecule has 1 aliphatic rings. The molecule has 0 radical (unpaired) electrons. The topological polar surface area (TPSA) is 70.9 Å². The number of likely N-dealkylation sites (tertiary alicyclic amines) is 1. The molecule has 148 valence electrons. The van der Waals surface area contributed by atoms with Crippen LogP contribution in [-0.2, 0) is 6.42 Å². The molecule has 7 heteroatoms. The van der Waals surface area contributed by atoms with Crippen LogP contribution in [0.5, 0.6) is 0 Å². The second kappa shape index (κ2) is 7.92. The van der Waals surface area contributed by atoms with E-state index in [0.717, 1.165) is 42.3 Å². The summed E-state index contributed by atoms with van der Waals surface area (Å²) >= 11 is 0. The molecule has 4 rings (SSSR count). The molecule has 5 nitrogen and oxygen atoms in total. The van der Waals surface area contributed by atoms with Crippen molar-refractivity contribution in [1.82, 2.24) is 14.7 Å². The number of hydrogen-bond acceptors (Lipinski definition) is 4. The van der Waals surface area contributed by atoms with Gasteiger partial charge in [0.25, 0.3) is 0 Å². The minimum atomic E-state index is -0.578. The number of nitrogen functional groups attached to an aromatic ring is 1. The van der Waals surface area contributed by atoms with Crippen LogP contribution in [0, 0.1) is 23.1 Å². The first-order chi connectivity index (χ1) is 14.0. The largest absolute Gasteiger partial charge is 0.384 e. The van der Waals surface area contributed by atoms with Crippen molar-refractivity contribution in [2.75, 3.05) is 18.8 Å². The molecule has 1 aromatic heterocycles. The Morgan fingerprint density at radius 2 is 1.93 bits per heavy atom. The molecule has 1 atom stereocenters. The molecule has 1 saturated heterocycles. The number of anilines is 1. The number of nitrogens with two attached hydrogens (primary N) is 1. The van der Waals surface area contributed by atoms with Gasteiger partial charge in [-0.25, -0.2) is 13.5 Å². The fourth-order valence-electron chi connectivity index (χ4n) is 3.77. The Kier molecular flexibility index (Phi) is 5.17. The van der Waals surface area contributed by atoms with E-state index in [1.807, 2.05) is 30.3 Å². The van der Waals surface area contributed by atoms with E-state index in [9.17, 15) is 8.78 Å². The summed E-state index contributed by atoms with van der Waals surface area (Å²) in [5.74, 6) is -0.549. The van der Waals surface area contributed by atoms with Crippen LogP contribution in [0.25, 0.3) is 11.3 Å². The molecule has 1 unspecified atom stereocenters. The SMILES string of the molecule is N#CN1CCCC(n2nc(-c3ccc(Cc4ccc(F)cc4F)cc3)cc2N)C1. The lowest BCUT2D eigenvalue weighted by molar-refractivity contribution is 0.235. The number of nitriles is 1. The first kappa shape index (κ1) is 18.9. The molecule has 0 bridgehead atoms. The maximum Gasteiger partial charge on any atom is 0.179 e. The van der Waals surface area contributed by atoms with Crippen LogP contribution in [-0.4, -0.2) is 27.8 Å². The summed E-state index contributed by atoms with van der Waals surface area (Å²) in [4.78, 5) is 1.73. The summed E-state index contributed by atoms with van der Waals surface area (Å²) in [7, 11) is 0. The number of aromatic nitrogens is 2. The molecule has 2 aromatic carbocycles. The number of piperidine rings is 1. The lowest BCUT2D eigenvalue weighted by Crippen LogP contribution is -2.34. The zero-order valence-electron chi connectivity index (χ0n) is 15.9. The van der Waals surface area contributed by atoms with Crippen molar-refractivity contribution < 1.29 is 8.78 Å². The monoisotopic (exact) mass is 393 g/mol. The minimum absolute atomic E-state index is 0.0814. The van der Waals surface area contributed by atoms with Crippen LogP contribution in [0.15, 0.2) is 48.5 Å². The molecule has 1 fully saturated rings. The van der Waals surface area contributed by atoms with Crippen LogP contribution in [0.4, 0.5) is 14.6 Å². The molecule has 29 heavy (non-hydrogen) atoms. The van der Waals surface area contributed by atoms with E-state index in [1.165, 1.54) is 12.1 Å². The van der Waals surface area contributed by atoms with Gasteiger partial charge in [0, 0.05) is 30.7 Å². The van der Waals surface area contributed by atoms with Crippen LogP contribution >= 0.6 is 0 Å². The molecular formula is C22H21F2N5. The fourth-order valence-corrected chi connectivity index (χ4v) is 3.77. The Morgan fingerprint density at radius 1 is 1.14 bits per heavy atom. The summed E-state index contributed by atoms with van der Waals surface area (Å²) < 4.78 is 28.7. The predicted molar refractivity (Wildman–Crippen MR) is 107 cm³/mol. The number of nitrogens with zero attached hydrogens (tertiary/aromatic N) is 4. The molecule has 0 saturated carbocycles. The van der Waals surface area contributed by atoms with Gasteiger partial charge in [0.1, 0.15) is 17.5 Å². The predicted octanol–water partition coefficient (Wildman–Crippen LogP) is 4.12. The standard InChI is InChI=1S/C22H21F2N5/c23-18-8-7-17(20(24)11-18)10-15-3-5-16(6-4-15)21-12-22(26)29(27-21)19-2-1-9-28(13-19)14-25/h3-8,11-12,19H,1-2,9-10,13,26H2. The first-order valence-corrected chi connectivity index (χ1v) is 9.56. The van der Waals surface area contributed by atoms with Crippen LogP contribution < -0.4 is 5.73 Å². The Labute approximate surface area is 168 Å². The van der Waals surface area contributed by atoms with Crippen molar-refractivity contribution in [2.45, 2.75) is 25.3 Å². The fraction of sp³-hybridized carbons (Fsp3) is 0.273. The van der Waals surface area contributed by atoms with Crippen LogP contribution in [0.2, 0.25) is 0 Å². The Bertz CT molecular complexity index is 1050. The Morgan fingerprint density at radius 3 is 2.66 bits per heavy atom. The van der Waals surface area contributed by atoms with Crippen molar-refractivity contribution in [3.8, 4) is 17.5 Å². The van der Waals surface area contributed by atoms with E-state index in [0.29, 0.717) is 24.3 Å². The van der Waals surface area contributed by atoms with E-state index in [-0.39, 0.29) is 6.04 Å². The normalized spacial score (nSPS) is 16.6. The zero-order valence-corrected chi connectivity index (χ0v) is 15.9. The minimum Gasteiger partial charge on any atom is -0.384 e. The van der Waals surface area contributed by atoms with Gasteiger partial charge in [0.15, 0.2) is 6.19 Å². The molecule has 1 aliphatic heterocycles. The van der Waals surface area contributed by atoms with E-state index >= 15 is 0 Å². The van der Waals surface area contributed by atoms with E-state index in [4.69, 9.17) is 11.0 Å². The highest BCUT2D eigenvalue weighted by Crippen LogP contribution is 2.28. The summed E-state index contributed by atoms with van der Waals surface area (Å²) in [5, 5.41) is 13.8. The average Bonchev–Trinajstić information content (AvgIpc) is 3.12. The lowest BCUT2D eigenvalue weighted by atomic mass is 10.0. The maximum absolute atomic E-state index is 13.9. The third-order valence-corrected chi connectivity index (χ3v) is 5.31. The third-order valence-electron chi connectivity index (χ3n) is 5.31. The second-order valence-electron chi connectivity index (χ2n) is 7.35. The smallest absolute Gasteiger partial charge is 0.179 e. The zero-order chi connectivity index (χ0) is 20.4. The Balaban J connectivity index is 1.51. The van der Waals surface area contributed by atoms with Crippen molar-refractivity contribution >= 4 is 5.82 Å². The quantitative estimate of drug-likeness (QED) is 0.677. The van der Waals surface area contributed by atoms with Gasteiger partial charge in [0.05, 0.1) is 18.3 Å². The molecule has 2 N–H and O–H groups in total. The summed E-state index contributed by atoms with van der Waals surface area (Å²) in [6.45, 7) is 1.39. The second-order valence-corrected chi connectivity index (χ2v) is 7.35. The molecule has 0 spiro atoms. The van der Waals surface area contributed by atoms with Gasteiger partial charge in [-0.3, -0.25) is 0 Å². The highest BCUT2D eigenvalue weighted by Gasteiger charge is 2.23. The van der Waals surface area contributed by atoms with Gasteiger partial charge in [-0.15, -0.1) is 0 Å². The number of benzene rings is 2. The number of rotatable bonds is 4. The van der Waals surface area contributed by atoms with E-state index < -0.39 is 11.6 Å². The van der Waals surface area contributed by atoms with Crippen molar-refractivity contribution in [3.63, 3.8) is 0 Å². The molecule has 0 amide bonds. The van der Waals surface area contributed by atoms with Gasteiger partial charge in [-0.1, -0.05) is 30.3 Å². The van der Waals surface area contributed by atoms with Crippen LogP contribution in [0.1, 0.15) is 30.0 Å². The van der Waals surface area contributed by atoms with Gasteiger partial charge < -0.3 is 10.6 Å². The lowest BCUT2D eigenvalue weighted by Gasteiger charge is -2.29. The molecule has 3 aromatic rings. The van der Waals surface area contributed by atoms with Crippen molar-refractivity contribution in [1.29, 1.82) is 5.26 Å². The van der Waals surface area contributed by atoms with Crippen molar-refractivity contribution in [2.24, 2.45) is 0 Å². The number of halogens is 2. The summed E-state index contributed by atoms with van der Waals surface area (Å²) in [6.07, 6.45) is 4.45. The first-order valence-electron chi connectivity index (χ1n) is 9.56. The van der Waals surface area contributed by atoms with E-state index in [1.54, 1.807) is 9.58 Å². The average molecular weight is 393 g/mol. The van der Waals surface area contributed by atoms with Gasteiger partial charge in [0.2, 0.25) is 0 Å². The third kappa shape index (κ3) is 4.06. The van der Waals surface area contributed by atoms with Gasteiger partial charge >= 0.3 is 0 Å². The Hall–Kier alpha value is -3.40. The molecule has 2 heterocycles. The number of hydrogen-bond donors (Lipinski definition) is 1. The molecular weight excluding hydrogens is 372 g/mol. The summed E-state index contributed by atoms with van der Waals surface area (Å²) in [5.41, 5.74) is 9.22.